The van der Waals surface area contributed by atoms with E-state index in [1.54, 1.807) is 0 Å². The number of aliphatic imine (C=N–C) groups is 1. The Morgan fingerprint density at radius 2 is 1.86 bits per heavy atom. The number of hydrogen-bond donors (Lipinski definition) is 0. The van der Waals surface area contributed by atoms with E-state index in [2.05, 4.69) is 17.0 Å². The fraction of sp³-hybridized carbons (Fsp3) is 0.235. The average molecular weight is 296 g/mol. The maximum Gasteiger partial charge on any atom is 0.299 e. The van der Waals surface area contributed by atoms with E-state index in [0.29, 0.717) is 5.37 Å². The van der Waals surface area contributed by atoms with Gasteiger partial charge in [-0.15, -0.1) is 11.8 Å². The summed E-state index contributed by atoms with van der Waals surface area (Å²) in [4.78, 5) is 6.99. The van der Waals surface area contributed by atoms with Crippen LogP contribution in [-0.4, -0.2) is 23.2 Å². The summed E-state index contributed by atoms with van der Waals surface area (Å²) in [5.41, 5.74) is 2.19. The molecule has 1 atom stereocenters. The van der Waals surface area contributed by atoms with Gasteiger partial charge in [-0.1, -0.05) is 36.4 Å². The normalized spacial score (nSPS) is 22.4. The lowest BCUT2D eigenvalue weighted by atomic mass is 10.1. The van der Waals surface area contributed by atoms with Gasteiger partial charge in [0.1, 0.15) is 11.1 Å². The van der Waals surface area contributed by atoms with Crippen molar-refractivity contribution in [1.29, 1.82) is 0 Å². The number of fused-ring (bicyclic) bond motifs is 3. The van der Waals surface area contributed by atoms with E-state index in [1.807, 2.05) is 54.2 Å². The van der Waals surface area contributed by atoms with Gasteiger partial charge in [0, 0.05) is 12.1 Å². The molecule has 0 saturated carbocycles. The van der Waals surface area contributed by atoms with Crippen LogP contribution >= 0.6 is 11.8 Å². The zero-order chi connectivity index (χ0) is 14.1. The summed E-state index contributed by atoms with van der Waals surface area (Å²) in [7, 11) is 0. The van der Waals surface area contributed by atoms with Gasteiger partial charge in [-0.25, -0.2) is 0 Å². The highest BCUT2D eigenvalue weighted by Crippen LogP contribution is 2.44. The van der Waals surface area contributed by atoms with Crippen LogP contribution in [-0.2, 0) is 0 Å². The van der Waals surface area contributed by atoms with Crippen LogP contribution in [0.3, 0.4) is 0 Å². The Kier molecular flexibility index (Phi) is 3.31. The number of amidine groups is 1. The van der Waals surface area contributed by atoms with Crippen molar-refractivity contribution in [2.45, 2.75) is 11.8 Å². The standard InChI is InChI=1S/C17H16N2OS/c1-2-7-13(8-3-1)18-17-19-11-6-12-21-16(19)14-9-4-5-10-15(14)20-17/h1-5,7-10,16H,6,11-12H2/t16-/m1/s1. The molecule has 106 valence electrons. The van der Waals surface area contributed by atoms with Gasteiger partial charge in [0.05, 0.1) is 5.69 Å². The van der Waals surface area contributed by atoms with Crippen LogP contribution in [0.15, 0.2) is 59.6 Å². The summed E-state index contributed by atoms with van der Waals surface area (Å²) >= 11 is 1.97. The van der Waals surface area contributed by atoms with E-state index < -0.39 is 0 Å². The molecule has 0 N–H and O–H groups in total. The van der Waals surface area contributed by atoms with Gasteiger partial charge in [0.15, 0.2) is 0 Å². The summed E-state index contributed by atoms with van der Waals surface area (Å²) in [6.45, 7) is 0.998. The van der Waals surface area contributed by atoms with Crippen molar-refractivity contribution >= 4 is 23.5 Å². The highest BCUT2D eigenvalue weighted by atomic mass is 32.2. The monoisotopic (exact) mass is 296 g/mol. The second-order valence-corrected chi connectivity index (χ2v) is 6.33. The molecule has 1 saturated heterocycles. The molecule has 0 bridgehead atoms. The van der Waals surface area contributed by atoms with Gasteiger partial charge >= 0.3 is 0 Å². The molecule has 21 heavy (non-hydrogen) atoms. The predicted octanol–water partition coefficient (Wildman–Crippen LogP) is 4.20. The largest absolute Gasteiger partial charge is 0.425 e. The first kappa shape index (κ1) is 12.8. The fourth-order valence-corrected chi connectivity index (χ4v) is 3.99. The number of thioether (sulfide) groups is 1. The van der Waals surface area contributed by atoms with E-state index in [0.717, 1.165) is 24.0 Å². The number of ether oxygens (including phenoxy) is 1. The van der Waals surface area contributed by atoms with Crippen molar-refractivity contribution in [3.63, 3.8) is 0 Å². The first-order valence-electron chi connectivity index (χ1n) is 7.20. The van der Waals surface area contributed by atoms with Gasteiger partial charge in [0.25, 0.3) is 6.02 Å². The van der Waals surface area contributed by atoms with Gasteiger partial charge in [-0.2, -0.15) is 4.99 Å². The molecule has 4 rings (SSSR count). The third-order valence-corrected chi connectivity index (χ3v) is 5.06. The van der Waals surface area contributed by atoms with Gasteiger partial charge in [0.2, 0.25) is 0 Å². The van der Waals surface area contributed by atoms with Crippen molar-refractivity contribution in [1.82, 2.24) is 4.90 Å². The first-order valence-corrected chi connectivity index (χ1v) is 8.25. The molecule has 0 radical (unpaired) electrons. The molecule has 2 aliphatic heterocycles. The zero-order valence-corrected chi connectivity index (χ0v) is 12.4. The van der Waals surface area contributed by atoms with E-state index in [4.69, 9.17) is 9.73 Å². The van der Waals surface area contributed by atoms with Crippen molar-refractivity contribution < 1.29 is 4.74 Å². The maximum atomic E-state index is 6.07. The topological polar surface area (TPSA) is 24.8 Å². The molecule has 0 aromatic heterocycles. The Balaban J connectivity index is 1.77. The lowest BCUT2D eigenvalue weighted by Gasteiger charge is -2.40. The van der Waals surface area contributed by atoms with Crippen LogP contribution in [0, 0.1) is 0 Å². The first-order chi connectivity index (χ1) is 10.4. The Bertz CT molecular complexity index is 672. The van der Waals surface area contributed by atoms with Gasteiger partial charge < -0.3 is 9.64 Å². The van der Waals surface area contributed by atoms with Crippen LogP contribution in [0.5, 0.6) is 5.75 Å². The van der Waals surface area contributed by atoms with E-state index in [1.165, 1.54) is 17.7 Å². The number of hydrogen-bond acceptors (Lipinski definition) is 3. The minimum Gasteiger partial charge on any atom is -0.425 e. The molecule has 0 unspecified atom stereocenters. The second kappa shape index (κ2) is 5.45. The minimum absolute atomic E-state index is 0.325. The molecule has 2 aromatic carbocycles. The van der Waals surface area contributed by atoms with Crippen LogP contribution in [0.1, 0.15) is 17.4 Å². The minimum atomic E-state index is 0.325. The van der Waals surface area contributed by atoms with E-state index in [-0.39, 0.29) is 0 Å². The van der Waals surface area contributed by atoms with Crippen LogP contribution in [0.25, 0.3) is 0 Å². The zero-order valence-electron chi connectivity index (χ0n) is 11.6. The van der Waals surface area contributed by atoms with Crippen molar-refractivity contribution in [3.05, 3.63) is 60.2 Å². The molecule has 1 fully saturated rings. The third-order valence-electron chi connectivity index (χ3n) is 3.72. The van der Waals surface area contributed by atoms with Gasteiger partial charge in [-0.05, 0) is 30.4 Å². The second-order valence-electron chi connectivity index (χ2n) is 5.14. The number of para-hydroxylation sites is 2. The Labute approximate surface area is 128 Å². The smallest absolute Gasteiger partial charge is 0.299 e. The summed E-state index contributed by atoms with van der Waals surface area (Å²) < 4.78 is 6.07. The van der Waals surface area contributed by atoms with E-state index in [9.17, 15) is 0 Å². The third kappa shape index (κ3) is 2.40. The van der Waals surface area contributed by atoms with Crippen molar-refractivity contribution in [3.8, 4) is 5.75 Å². The summed E-state index contributed by atoms with van der Waals surface area (Å²) in [5.74, 6) is 2.12. The Morgan fingerprint density at radius 3 is 2.76 bits per heavy atom. The van der Waals surface area contributed by atoms with Crippen LogP contribution in [0.2, 0.25) is 0 Å². The number of benzene rings is 2. The maximum absolute atomic E-state index is 6.07. The molecule has 0 aliphatic carbocycles. The van der Waals surface area contributed by atoms with Crippen LogP contribution < -0.4 is 4.74 Å². The molecule has 0 spiro atoms. The molecular formula is C17H16N2OS. The van der Waals surface area contributed by atoms with Crippen LogP contribution in [0.4, 0.5) is 5.69 Å². The summed E-state index contributed by atoms with van der Waals surface area (Å²) in [6.07, 6.45) is 1.17. The molecule has 2 aromatic rings. The summed E-state index contributed by atoms with van der Waals surface area (Å²) in [5, 5.41) is 0.325. The molecule has 4 heteroatoms. The van der Waals surface area contributed by atoms with Crippen molar-refractivity contribution in [2.24, 2.45) is 4.99 Å². The highest BCUT2D eigenvalue weighted by Gasteiger charge is 2.35. The van der Waals surface area contributed by atoms with E-state index >= 15 is 0 Å². The lowest BCUT2D eigenvalue weighted by molar-refractivity contribution is 0.289. The predicted molar refractivity (Wildman–Crippen MR) is 87.1 cm³/mol. The molecule has 3 nitrogen and oxygen atoms in total. The van der Waals surface area contributed by atoms with Crippen molar-refractivity contribution in [2.75, 3.05) is 12.3 Å². The summed E-state index contributed by atoms with van der Waals surface area (Å²) in [6, 6.07) is 19.0. The fourth-order valence-electron chi connectivity index (χ4n) is 2.73. The molecular weight excluding hydrogens is 280 g/mol. The number of nitrogens with zero attached hydrogens (tertiary/aromatic N) is 2. The molecule has 0 amide bonds. The molecule has 2 aliphatic rings. The van der Waals surface area contributed by atoms with Gasteiger partial charge in [-0.3, -0.25) is 0 Å². The number of rotatable bonds is 1. The Morgan fingerprint density at radius 1 is 1.05 bits per heavy atom. The lowest BCUT2D eigenvalue weighted by Crippen LogP contribution is -2.43. The highest BCUT2D eigenvalue weighted by molar-refractivity contribution is 7.99. The quantitative estimate of drug-likeness (QED) is 0.788. The SMILES string of the molecule is c1ccc(N=C2Oc3ccccc3[C@H]3SCCCN23)cc1. The average Bonchev–Trinajstić information content (AvgIpc) is 2.56. The Hall–Kier alpha value is -1.94. The molecule has 2 heterocycles.